The quantitative estimate of drug-likeness (QED) is 0.774. The molecule has 18 heavy (non-hydrogen) atoms. The zero-order chi connectivity index (χ0) is 13.0. The second-order valence-electron chi connectivity index (χ2n) is 3.67. The van der Waals surface area contributed by atoms with Crippen molar-refractivity contribution in [2.24, 2.45) is 0 Å². The van der Waals surface area contributed by atoms with Gasteiger partial charge in [-0.2, -0.15) is 0 Å². The van der Waals surface area contributed by atoms with Crippen molar-refractivity contribution < 1.29 is 9.53 Å². The minimum absolute atomic E-state index is 0.405. The Balaban J connectivity index is 2.18. The monoisotopic (exact) mass is 324 g/mol. The topological polar surface area (TPSA) is 26.3 Å². The predicted molar refractivity (Wildman–Crippen MR) is 75.3 cm³/mol. The number of carbonyl (C=O) groups excluding carboxylic acids is 1. The maximum atomic E-state index is 10.9. The SMILES string of the molecule is O=Cc1c(Cl)ccc(OCc2ccccc2)c1Br. The Morgan fingerprint density at radius 1 is 1.17 bits per heavy atom. The Morgan fingerprint density at radius 2 is 1.89 bits per heavy atom. The van der Waals surface area contributed by atoms with Gasteiger partial charge in [0.25, 0.3) is 0 Å². The molecule has 0 radical (unpaired) electrons. The molecular formula is C14H10BrClO2. The molecule has 0 spiro atoms. The summed E-state index contributed by atoms with van der Waals surface area (Å²) in [5.41, 5.74) is 1.47. The Kier molecular flexibility index (Phi) is 4.39. The van der Waals surface area contributed by atoms with Gasteiger partial charge >= 0.3 is 0 Å². The maximum Gasteiger partial charge on any atom is 0.152 e. The third kappa shape index (κ3) is 2.92. The van der Waals surface area contributed by atoms with Crippen LogP contribution in [0.25, 0.3) is 0 Å². The third-order valence-electron chi connectivity index (χ3n) is 2.45. The molecule has 2 rings (SSSR count). The lowest BCUT2D eigenvalue weighted by atomic mass is 10.2. The van der Waals surface area contributed by atoms with Gasteiger partial charge in [-0.3, -0.25) is 4.79 Å². The van der Waals surface area contributed by atoms with Gasteiger partial charge in [0.1, 0.15) is 12.4 Å². The smallest absolute Gasteiger partial charge is 0.152 e. The number of hydrogen-bond acceptors (Lipinski definition) is 2. The van der Waals surface area contributed by atoms with Gasteiger partial charge in [-0.25, -0.2) is 0 Å². The largest absolute Gasteiger partial charge is 0.488 e. The molecule has 92 valence electrons. The van der Waals surface area contributed by atoms with Crippen LogP contribution in [0.2, 0.25) is 5.02 Å². The van der Waals surface area contributed by atoms with Gasteiger partial charge < -0.3 is 4.74 Å². The minimum atomic E-state index is 0.405. The van der Waals surface area contributed by atoms with E-state index in [1.165, 1.54) is 0 Å². The molecule has 0 heterocycles. The number of carbonyl (C=O) groups is 1. The van der Waals surface area contributed by atoms with E-state index in [-0.39, 0.29) is 0 Å². The first-order chi connectivity index (χ1) is 8.72. The Hall–Kier alpha value is -1.32. The van der Waals surface area contributed by atoms with E-state index in [0.29, 0.717) is 33.7 Å². The third-order valence-corrected chi connectivity index (χ3v) is 3.59. The van der Waals surface area contributed by atoms with Gasteiger partial charge in [0, 0.05) is 0 Å². The Morgan fingerprint density at radius 3 is 2.56 bits per heavy atom. The molecule has 0 aliphatic heterocycles. The van der Waals surface area contributed by atoms with Gasteiger partial charge in [-0.05, 0) is 33.6 Å². The molecule has 0 aliphatic rings. The average Bonchev–Trinajstić information content (AvgIpc) is 2.40. The molecule has 0 unspecified atom stereocenters. The normalized spacial score (nSPS) is 10.1. The Bertz CT molecular complexity index is 555. The van der Waals surface area contributed by atoms with E-state index in [2.05, 4.69) is 15.9 Å². The van der Waals surface area contributed by atoms with Crippen molar-refractivity contribution in [1.29, 1.82) is 0 Å². The molecule has 0 bridgehead atoms. The fourth-order valence-electron chi connectivity index (χ4n) is 1.50. The van der Waals surface area contributed by atoms with Crippen LogP contribution >= 0.6 is 27.5 Å². The second kappa shape index (κ2) is 6.03. The first-order valence-electron chi connectivity index (χ1n) is 5.32. The van der Waals surface area contributed by atoms with Crippen LogP contribution in [-0.2, 0) is 6.61 Å². The molecule has 0 aliphatic carbocycles. The van der Waals surface area contributed by atoms with Crippen LogP contribution < -0.4 is 4.74 Å². The van der Waals surface area contributed by atoms with Gasteiger partial charge in [-0.1, -0.05) is 41.9 Å². The molecule has 4 heteroatoms. The van der Waals surface area contributed by atoms with Crippen molar-refractivity contribution in [3.05, 3.63) is 63.1 Å². The van der Waals surface area contributed by atoms with E-state index < -0.39 is 0 Å². The summed E-state index contributed by atoms with van der Waals surface area (Å²) in [6, 6.07) is 13.2. The van der Waals surface area contributed by atoms with Crippen molar-refractivity contribution in [2.75, 3.05) is 0 Å². The van der Waals surface area contributed by atoms with E-state index in [1.807, 2.05) is 30.3 Å². The number of halogens is 2. The summed E-state index contributed by atoms with van der Waals surface area (Å²) in [5, 5.41) is 0.406. The first-order valence-corrected chi connectivity index (χ1v) is 6.49. The molecule has 0 saturated heterocycles. The summed E-state index contributed by atoms with van der Waals surface area (Å²) in [6.07, 6.45) is 0.710. The molecule has 0 fully saturated rings. The van der Waals surface area contributed by atoms with Crippen LogP contribution in [0.3, 0.4) is 0 Å². The molecule has 2 nitrogen and oxygen atoms in total. The molecule has 2 aromatic rings. The van der Waals surface area contributed by atoms with E-state index >= 15 is 0 Å². The molecule has 0 N–H and O–H groups in total. The number of rotatable bonds is 4. The molecule has 2 aromatic carbocycles. The van der Waals surface area contributed by atoms with E-state index in [4.69, 9.17) is 16.3 Å². The molecular weight excluding hydrogens is 316 g/mol. The van der Waals surface area contributed by atoms with Gasteiger partial charge in [0.05, 0.1) is 15.1 Å². The van der Waals surface area contributed by atoms with Gasteiger partial charge in [0.15, 0.2) is 6.29 Å². The van der Waals surface area contributed by atoms with Crippen LogP contribution in [0.1, 0.15) is 15.9 Å². The van der Waals surface area contributed by atoms with Crippen molar-refractivity contribution in [3.8, 4) is 5.75 Å². The summed E-state index contributed by atoms with van der Waals surface area (Å²) < 4.78 is 6.24. The molecule has 0 atom stereocenters. The van der Waals surface area contributed by atoms with Gasteiger partial charge in [0.2, 0.25) is 0 Å². The van der Waals surface area contributed by atoms with E-state index in [1.54, 1.807) is 12.1 Å². The van der Waals surface area contributed by atoms with Crippen molar-refractivity contribution in [3.63, 3.8) is 0 Å². The van der Waals surface area contributed by atoms with Crippen LogP contribution in [0.15, 0.2) is 46.9 Å². The van der Waals surface area contributed by atoms with Crippen molar-refractivity contribution in [2.45, 2.75) is 6.61 Å². The van der Waals surface area contributed by atoms with E-state index in [9.17, 15) is 4.79 Å². The number of aldehydes is 1. The molecule has 0 aromatic heterocycles. The molecule has 0 amide bonds. The fourth-order valence-corrected chi connectivity index (χ4v) is 2.37. The fraction of sp³-hybridized carbons (Fsp3) is 0.0714. The average molecular weight is 326 g/mol. The van der Waals surface area contributed by atoms with Gasteiger partial charge in [-0.15, -0.1) is 0 Å². The summed E-state index contributed by atoms with van der Waals surface area (Å²) in [4.78, 5) is 10.9. The van der Waals surface area contributed by atoms with Crippen LogP contribution in [-0.4, -0.2) is 6.29 Å². The molecule has 0 saturated carbocycles. The standard InChI is InChI=1S/C14H10BrClO2/c15-14-11(8-17)12(16)6-7-13(14)18-9-10-4-2-1-3-5-10/h1-8H,9H2. The highest BCUT2D eigenvalue weighted by molar-refractivity contribution is 9.10. The summed E-state index contributed by atoms with van der Waals surface area (Å²) in [5.74, 6) is 0.602. The highest BCUT2D eigenvalue weighted by atomic mass is 79.9. The van der Waals surface area contributed by atoms with E-state index in [0.717, 1.165) is 5.56 Å². The van der Waals surface area contributed by atoms with Crippen LogP contribution in [0.5, 0.6) is 5.75 Å². The maximum absolute atomic E-state index is 10.9. The highest BCUT2D eigenvalue weighted by Gasteiger charge is 2.10. The summed E-state index contributed by atoms with van der Waals surface area (Å²) in [7, 11) is 0. The number of ether oxygens (including phenoxy) is 1. The zero-order valence-electron chi connectivity index (χ0n) is 9.40. The Labute approximate surface area is 119 Å². The predicted octanol–water partition coefficient (Wildman–Crippen LogP) is 4.49. The van der Waals surface area contributed by atoms with Crippen molar-refractivity contribution >= 4 is 33.8 Å². The lowest BCUT2D eigenvalue weighted by Crippen LogP contribution is -1.97. The number of benzene rings is 2. The van der Waals surface area contributed by atoms with Crippen LogP contribution in [0, 0.1) is 0 Å². The second-order valence-corrected chi connectivity index (χ2v) is 4.87. The number of hydrogen-bond donors (Lipinski definition) is 0. The lowest BCUT2D eigenvalue weighted by molar-refractivity contribution is 0.112. The lowest BCUT2D eigenvalue weighted by Gasteiger charge is -2.10. The first kappa shape index (κ1) is 13.1. The highest BCUT2D eigenvalue weighted by Crippen LogP contribution is 2.32. The van der Waals surface area contributed by atoms with Crippen molar-refractivity contribution in [1.82, 2.24) is 0 Å². The summed E-state index contributed by atoms with van der Waals surface area (Å²) in [6.45, 7) is 0.444. The van der Waals surface area contributed by atoms with Crippen LogP contribution in [0.4, 0.5) is 0 Å². The summed E-state index contributed by atoms with van der Waals surface area (Å²) >= 11 is 9.23. The zero-order valence-corrected chi connectivity index (χ0v) is 11.7. The minimum Gasteiger partial charge on any atom is -0.488 e.